The highest BCUT2D eigenvalue weighted by Gasteiger charge is 2.23. The molecule has 0 fully saturated rings. The second-order valence-corrected chi connectivity index (χ2v) is 14.9. The molecule has 10 aromatic rings. The molecule has 0 aliphatic carbocycles. The number of nitrogens with zero attached hydrogens (tertiary/aromatic N) is 5. The summed E-state index contributed by atoms with van der Waals surface area (Å²) in [5, 5.41) is 21.9. The first kappa shape index (κ1) is 36.0. The number of aryl methyl sites for hydroxylation is 1. The Balaban J connectivity index is 1.31. The monoisotopic (exact) mass is 765 g/mol. The van der Waals surface area contributed by atoms with Gasteiger partial charge >= 0.3 is 0 Å². The highest BCUT2D eigenvalue weighted by atomic mass is 15.0. The normalized spacial score (nSPS) is 11.1. The first-order valence-corrected chi connectivity index (χ1v) is 19.8. The van der Waals surface area contributed by atoms with Gasteiger partial charge in [0.1, 0.15) is 0 Å². The third kappa shape index (κ3) is 6.57. The Morgan fingerprint density at radius 3 is 1.43 bits per heavy atom. The van der Waals surface area contributed by atoms with E-state index >= 15 is 0 Å². The van der Waals surface area contributed by atoms with E-state index in [0.29, 0.717) is 17.0 Å². The molecule has 0 saturated heterocycles. The van der Waals surface area contributed by atoms with Crippen molar-refractivity contribution in [2.24, 2.45) is 0 Å². The number of hydrogen-bond acceptors (Lipinski definition) is 4. The van der Waals surface area contributed by atoms with Gasteiger partial charge in [0.15, 0.2) is 5.82 Å². The van der Waals surface area contributed by atoms with Gasteiger partial charge in [0.25, 0.3) is 0 Å². The van der Waals surface area contributed by atoms with Crippen LogP contribution < -0.4 is 0 Å². The van der Waals surface area contributed by atoms with Crippen LogP contribution in [0.2, 0.25) is 0 Å². The number of rotatable bonds is 7. The summed E-state index contributed by atoms with van der Waals surface area (Å²) in [6, 6.07) is 70.9. The molecule has 0 radical (unpaired) electrons. The molecular formula is C55H35N5. The molecule has 0 aliphatic rings. The molecular weight excluding hydrogens is 731 g/mol. The van der Waals surface area contributed by atoms with Crippen LogP contribution in [0.25, 0.3) is 94.8 Å². The van der Waals surface area contributed by atoms with Gasteiger partial charge in [-0.3, -0.25) is 0 Å². The molecule has 10 rings (SSSR count). The van der Waals surface area contributed by atoms with Crippen molar-refractivity contribution in [2.45, 2.75) is 6.92 Å². The van der Waals surface area contributed by atoms with Gasteiger partial charge in [0, 0.05) is 38.6 Å². The molecule has 0 amide bonds. The van der Waals surface area contributed by atoms with Crippen LogP contribution in [0.5, 0.6) is 0 Å². The Morgan fingerprint density at radius 1 is 0.400 bits per heavy atom. The zero-order chi connectivity index (χ0) is 40.6. The predicted octanol–water partition coefficient (Wildman–Crippen LogP) is 13.6. The summed E-state index contributed by atoms with van der Waals surface area (Å²) in [6.45, 7) is 2.11. The molecule has 0 bridgehead atoms. The van der Waals surface area contributed by atoms with Crippen molar-refractivity contribution >= 4 is 21.8 Å². The van der Waals surface area contributed by atoms with Gasteiger partial charge in [-0.05, 0) is 89.8 Å². The second-order valence-electron chi connectivity index (χ2n) is 14.9. The maximum absolute atomic E-state index is 9.83. The highest BCUT2D eigenvalue weighted by Crippen LogP contribution is 2.44. The van der Waals surface area contributed by atoms with Gasteiger partial charge in [-0.2, -0.15) is 10.5 Å². The number of para-hydroxylation sites is 1. The van der Waals surface area contributed by atoms with Gasteiger partial charge in [-0.1, -0.05) is 139 Å². The Hall–Kier alpha value is -8.38. The molecule has 0 saturated carbocycles. The molecule has 0 atom stereocenters. The van der Waals surface area contributed by atoms with Crippen LogP contribution in [-0.4, -0.2) is 14.5 Å². The summed E-state index contributed by atoms with van der Waals surface area (Å²) >= 11 is 0. The Morgan fingerprint density at radius 2 is 0.883 bits per heavy atom. The zero-order valence-electron chi connectivity index (χ0n) is 32.7. The summed E-state index contributed by atoms with van der Waals surface area (Å²) < 4.78 is 2.37. The fraction of sp³-hybridized carbons (Fsp3) is 0.0182. The first-order chi connectivity index (χ1) is 29.5. The first-order valence-electron chi connectivity index (χ1n) is 19.8. The third-order valence-electron chi connectivity index (χ3n) is 11.2. The summed E-state index contributed by atoms with van der Waals surface area (Å²) in [7, 11) is 0. The van der Waals surface area contributed by atoms with Gasteiger partial charge < -0.3 is 4.57 Å². The minimum atomic E-state index is 0.579. The van der Waals surface area contributed by atoms with Gasteiger partial charge in [0.2, 0.25) is 0 Å². The Labute approximate surface area is 348 Å². The molecule has 0 aliphatic heterocycles. The maximum Gasteiger partial charge on any atom is 0.160 e. The van der Waals surface area contributed by atoms with E-state index in [1.807, 2.05) is 84.9 Å². The van der Waals surface area contributed by atoms with E-state index in [2.05, 4.69) is 133 Å². The lowest BCUT2D eigenvalue weighted by Crippen LogP contribution is -2.03. The van der Waals surface area contributed by atoms with Crippen LogP contribution >= 0.6 is 0 Å². The summed E-state index contributed by atoms with van der Waals surface area (Å²) in [4.78, 5) is 10.5. The number of aromatic nitrogens is 3. The van der Waals surface area contributed by atoms with E-state index in [4.69, 9.17) is 9.97 Å². The van der Waals surface area contributed by atoms with Crippen LogP contribution in [0.3, 0.4) is 0 Å². The fourth-order valence-electron chi connectivity index (χ4n) is 8.12. The molecule has 280 valence electrons. The topological polar surface area (TPSA) is 78.3 Å². The average molecular weight is 766 g/mol. The Bertz CT molecular complexity index is 3160. The molecule has 0 spiro atoms. The van der Waals surface area contributed by atoms with Crippen LogP contribution in [0.15, 0.2) is 194 Å². The van der Waals surface area contributed by atoms with Crippen LogP contribution in [0.4, 0.5) is 0 Å². The zero-order valence-corrected chi connectivity index (χ0v) is 32.7. The van der Waals surface area contributed by atoms with Crippen molar-refractivity contribution in [2.75, 3.05) is 0 Å². The summed E-state index contributed by atoms with van der Waals surface area (Å²) in [6.07, 6.45) is 0. The van der Waals surface area contributed by atoms with Crippen molar-refractivity contribution in [3.63, 3.8) is 0 Å². The van der Waals surface area contributed by atoms with Gasteiger partial charge in [0.05, 0.1) is 51.4 Å². The van der Waals surface area contributed by atoms with Crippen molar-refractivity contribution in [3.05, 3.63) is 211 Å². The number of hydrogen-bond donors (Lipinski definition) is 0. The van der Waals surface area contributed by atoms with Crippen molar-refractivity contribution in [1.82, 2.24) is 14.5 Å². The third-order valence-corrected chi connectivity index (χ3v) is 11.2. The van der Waals surface area contributed by atoms with Crippen LogP contribution in [-0.2, 0) is 0 Å². The van der Waals surface area contributed by atoms with E-state index in [0.717, 1.165) is 89.0 Å². The van der Waals surface area contributed by atoms with Crippen LogP contribution in [0.1, 0.15) is 16.7 Å². The molecule has 2 aromatic heterocycles. The average Bonchev–Trinajstić information content (AvgIpc) is 3.65. The van der Waals surface area contributed by atoms with E-state index < -0.39 is 0 Å². The number of benzene rings is 8. The van der Waals surface area contributed by atoms with E-state index in [1.165, 1.54) is 5.56 Å². The molecule has 5 nitrogen and oxygen atoms in total. The molecule has 0 N–H and O–H groups in total. The number of fused-ring (bicyclic) bond motifs is 3. The van der Waals surface area contributed by atoms with E-state index in [1.54, 1.807) is 0 Å². The Kier molecular flexibility index (Phi) is 9.10. The van der Waals surface area contributed by atoms with Crippen molar-refractivity contribution in [3.8, 4) is 85.1 Å². The van der Waals surface area contributed by atoms with E-state index in [9.17, 15) is 10.5 Å². The summed E-state index contributed by atoms with van der Waals surface area (Å²) in [5.41, 5.74) is 15.9. The summed E-state index contributed by atoms with van der Waals surface area (Å²) in [5.74, 6) is 0.580. The lowest BCUT2D eigenvalue weighted by Gasteiger charge is -2.21. The lowest BCUT2D eigenvalue weighted by molar-refractivity contribution is 1.17. The molecule has 8 aromatic carbocycles. The minimum Gasteiger partial charge on any atom is -0.308 e. The maximum atomic E-state index is 9.83. The van der Waals surface area contributed by atoms with E-state index in [-0.39, 0.29) is 0 Å². The smallest absolute Gasteiger partial charge is 0.160 e. The largest absolute Gasteiger partial charge is 0.308 e. The SMILES string of the molecule is Cc1ccc(-c2ccc3c(c2)c2ccccc2n3-c2c(-c3ccc(C#N)cc3)cc(-c3nc(-c4ccccc4)cc(-c4ccccc4)n3)cc2-c2ccc(C#N)cc2)cc1. The van der Waals surface area contributed by atoms with Gasteiger partial charge in [-0.25, -0.2) is 9.97 Å². The fourth-order valence-corrected chi connectivity index (χ4v) is 8.12. The minimum absolute atomic E-state index is 0.579. The quantitative estimate of drug-likeness (QED) is 0.162. The second kappa shape index (κ2) is 15.2. The van der Waals surface area contributed by atoms with Crippen molar-refractivity contribution < 1.29 is 0 Å². The lowest BCUT2D eigenvalue weighted by atomic mass is 9.91. The molecule has 2 heterocycles. The molecule has 0 unspecified atom stereocenters. The van der Waals surface area contributed by atoms with Crippen LogP contribution in [0, 0.1) is 29.6 Å². The molecule has 60 heavy (non-hydrogen) atoms. The predicted molar refractivity (Wildman–Crippen MR) is 243 cm³/mol. The molecule has 5 heteroatoms. The van der Waals surface area contributed by atoms with Crippen molar-refractivity contribution in [1.29, 1.82) is 10.5 Å². The standard InChI is InChI=1S/C55H35N5/c1-36-16-22-39(23-17-36)44-28-29-53-49(30-44)46-14-8-9-15-52(46)60(53)54-47(40-24-18-37(34-56)19-25-40)31-45(32-48(54)41-26-20-38(35-57)21-27-41)55-58-50(42-10-4-2-5-11-42)33-51(59-55)43-12-6-3-7-13-43/h2-33H,1H3. The number of nitriles is 2. The highest BCUT2D eigenvalue weighted by molar-refractivity contribution is 6.12. The van der Waals surface area contributed by atoms with Gasteiger partial charge in [-0.15, -0.1) is 0 Å².